The zero-order valence-electron chi connectivity index (χ0n) is 11.1. The van der Waals surface area contributed by atoms with Gasteiger partial charge in [-0.1, -0.05) is 42.5 Å². The second kappa shape index (κ2) is 5.35. The van der Waals surface area contributed by atoms with Crippen molar-refractivity contribution in [2.75, 3.05) is 23.3 Å². The van der Waals surface area contributed by atoms with Crippen LogP contribution in [0.15, 0.2) is 54.6 Å². The maximum absolute atomic E-state index is 11.9. The second-order valence-electron chi connectivity index (χ2n) is 4.86. The molecule has 20 heavy (non-hydrogen) atoms. The number of nitrogens with one attached hydrogen (secondary N) is 1. The molecule has 0 aromatic heterocycles. The van der Waals surface area contributed by atoms with Crippen molar-refractivity contribution in [3.05, 3.63) is 60.2 Å². The van der Waals surface area contributed by atoms with Gasteiger partial charge >= 0.3 is 0 Å². The number of para-hydroxylation sites is 2. The molecule has 2 aromatic carbocycles. The Morgan fingerprint density at radius 1 is 1.10 bits per heavy atom. The molecule has 1 aliphatic heterocycles. The second-order valence-corrected chi connectivity index (χ2v) is 4.86. The highest BCUT2D eigenvalue weighted by Crippen LogP contribution is 2.34. The van der Waals surface area contributed by atoms with Gasteiger partial charge in [-0.3, -0.25) is 4.79 Å². The van der Waals surface area contributed by atoms with Crippen molar-refractivity contribution in [3.63, 3.8) is 0 Å². The third-order valence-electron chi connectivity index (χ3n) is 3.59. The third kappa shape index (κ3) is 2.26. The van der Waals surface area contributed by atoms with Crippen LogP contribution in [0.2, 0.25) is 0 Å². The van der Waals surface area contributed by atoms with E-state index in [0.717, 1.165) is 16.9 Å². The molecule has 102 valence electrons. The highest BCUT2D eigenvalue weighted by Gasteiger charge is 2.27. The predicted octanol–water partition coefficient (Wildman–Crippen LogP) is 2.15. The van der Waals surface area contributed by atoms with Gasteiger partial charge in [0.15, 0.2) is 0 Å². The summed E-state index contributed by atoms with van der Waals surface area (Å²) in [6, 6.07) is 17.9. The van der Waals surface area contributed by atoms with Gasteiger partial charge in [0.1, 0.15) is 0 Å². The van der Waals surface area contributed by atoms with Crippen LogP contribution in [0.1, 0.15) is 11.6 Å². The zero-order chi connectivity index (χ0) is 13.9. The normalized spacial score (nSPS) is 15.4. The fraction of sp³-hybridized carbons (Fsp3) is 0.188. The first-order valence-corrected chi connectivity index (χ1v) is 6.70. The average molecular weight is 267 g/mol. The number of anilines is 2. The van der Waals surface area contributed by atoms with Crippen molar-refractivity contribution in [2.24, 2.45) is 5.73 Å². The lowest BCUT2D eigenvalue weighted by Gasteiger charge is -2.37. The molecule has 0 bridgehead atoms. The SMILES string of the molecule is NCC(c1ccccc1)N1CC(=O)Nc2ccccc21. The molecule has 1 aliphatic rings. The quantitative estimate of drug-likeness (QED) is 0.895. The number of carbonyl (C=O) groups excluding carboxylic acids is 1. The maximum atomic E-state index is 11.9. The van der Waals surface area contributed by atoms with Gasteiger partial charge in [0.25, 0.3) is 0 Å². The number of amides is 1. The van der Waals surface area contributed by atoms with Gasteiger partial charge in [-0.15, -0.1) is 0 Å². The topological polar surface area (TPSA) is 58.4 Å². The van der Waals surface area contributed by atoms with Crippen molar-refractivity contribution >= 4 is 17.3 Å². The minimum absolute atomic E-state index is 0.00178. The number of hydrogen-bond donors (Lipinski definition) is 2. The molecular formula is C16H17N3O. The van der Waals surface area contributed by atoms with Crippen LogP contribution in [0.25, 0.3) is 0 Å². The standard InChI is InChI=1S/C16H17N3O/c17-10-15(12-6-2-1-3-7-12)19-11-16(20)18-13-8-4-5-9-14(13)19/h1-9,15H,10-11,17H2,(H,18,20). The van der Waals surface area contributed by atoms with Crippen LogP contribution in [0.3, 0.4) is 0 Å². The van der Waals surface area contributed by atoms with Gasteiger partial charge in [0, 0.05) is 6.54 Å². The molecule has 2 aromatic rings. The molecule has 1 atom stereocenters. The summed E-state index contributed by atoms with van der Waals surface area (Å²) >= 11 is 0. The Kier molecular flexibility index (Phi) is 3.39. The van der Waals surface area contributed by atoms with E-state index in [2.05, 4.69) is 10.2 Å². The number of nitrogens with zero attached hydrogens (tertiary/aromatic N) is 1. The fourth-order valence-electron chi connectivity index (χ4n) is 2.66. The van der Waals surface area contributed by atoms with E-state index in [1.54, 1.807) is 0 Å². The molecule has 0 aliphatic carbocycles. The summed E-state index contributed by atoms with van der Waals surface area (Å²) in [5.41, 5.74) is 8.95. The van der Waals surface area contributed by atoms with Crippen LogP contribution in [0, 0.1) is 0 Å². The molecule has 4 heteroatoms. The number of fused-ring (bicyclic) bond motifs is 1. The minimum atomic E-state index is -0.00178. The van der Waals surface area contributed by atoms with E-state index in [0.29, 0.717) is 13.1 Å². The fourth-order valence-corrected chi connectivity index (χ4v) is 2.66. The Morgan fingerprint density at radius 2 is 1.80 bits per heavy atom. The summed E-state index contributed by atoms with van der Waals surface area (Å²) in [5, 5.41) is 2.90. The van der Waals surface area contributed by atoms with E-state index in [1.165, 1.54) is 0 Å². The molecule has 0 spiro atoms. The summed E-state index contributed by atoms with van der Waals surface area (Å²) < 4.78 is 0. The van der Waals surface area contributed by atoms with Crippen LogP contribution in [-0.2, 0) is 4.79 Å². The van der Waals surface area contributed by atoms with Gasteiger partial charge in [-0.2, -0.15) is 0 Å². The predicted molar refractivity (Wildman–Crippen MR) is 80.7 cm³/mol. The Balaban J connectivity index is 2.02. The highest BCUT2D eigenvalue weighted by molar-refractivity contribution is 6.01. The van der Waals surface area contributed by atoms with Crippen LogP contribution >= 0.6 is 0 Å². The Hall–Kier alpha value is -2.33. The zero-order valence-corrected chi connectivity index (χ0v) is 11.1. The maximum Gasteiger partial charge on any atom is 0.243 e. The van der Waals surface area contributed by atoms with E-state index in [-0.39, 0.29) is 11.9 Å². The Labute approximate surface area is 118 Å². The summed E-state index contributed by atoms with van der Waals surface area (Å²) in [7, 11) is 0. The summed E-state index contributed by atoms with van der Waals surface area (Å²) in [4.78, 5) is 14.0. The number of rotatable bonds is 3. The van der Waals surface area contributed by atoms with Gasteiger partial charge in [-0.05, 0) is 17.7 Å². The van der Waals surface area contributed by atoms with Crippen molar-refractivity contribution in [1.29, 1.82) is 0 Å². The van der Waals surface area contributed by atoms with Crippen molar-refractivity contribution in [2.45, 2.75) is 6.04 Å². The first-order chi connectivity index (χ1) is 9.79. The average Bonchev–Trinajstić information content (AvgIpc) is 2.49. The number of carbonyl (C=O) groups is 1. The molecule has 0 fully saturated rings. The summed E-state index contributed by atoms with van der Waals surface area (Å²) in [6.07, 6.45) is 0. The van der Waals surface area contributed by atoms with Gasteiger partial charge < -0.3 is 16.0 Å². The van der Waals surface area contributed by atoms with E-state index in [9.17, 15) is 4.79 Å². The van der Waals surface area contributed by atoms with Crippen LogP contribution in [0.4, 0.5) is 11.4 Å². The third-order valence-corrected chi connectivity index (χ3v) is 3.59. The molecule has 0 saturated heterocycles. The first-order valence-electron chi connectivity index (χ1n) is 6.70. The molecule has 1 heterocycles. The highest BCUT2D eigenvalue weighted by atomic mass is 16.2. The van der Waals surface area contributed by atoms with E-state index in [4.69, 9.17) is 5.73 Å². The molecule has 3 N–H and O–H groups in total. The first kappa shape index (κ1) is 12.7. The lowest BCUT2D eigenvalue weighted by molar-refractivity contribution is -0.115. The lowest BCUT2D eigenvalue weighted by Crippen LogP contribution is -2.43. The minimum Gasteiger partial charge on any atom is -0.352 e. The molecule has 4 nitrogen and oxygen atoms in total. The van der Waals surface area contributed by atoms with Crippen LogP contribution in [-0.4, -0.2) is 19.0 Å². The molecular weight excluding hydrogens is 250 g/mol. The Morgan fingerprint density at radius 3 is 2.55 bits per heavy atom. The van der Waals surface area contributed by atoms with Crippen molar-refractivity contribution in [1.82, 2.24) is 0 Å². The van der Waals surface area contributed by atoms with Crippen LogP contribution < -0.4 is 16.0 Å². The molecule has 3 rings (SSSR count). The molecule has 1 unspecified atom stereocenters. The van der Waals surface area contributed by atoms with Crippen molar-refractivity contribution < 1.29 is 4.79 Å². The number of hydrogen-bond acceptors (Lipinski definition) is 3. The lowest BCUT2D eigenvalue weighted by atomic mass is 10.0. The van der Waals surface area contributed by atoms with Gasteiger partial charge in [0.2, 0.25) is 5.91 Å². The van der Waals surface area contributed by atoms with Crippen LogP contribution in [0.5, 0.6) is 0 Å². The number of nitrogens with two attached hydrogens (primary N) is 1. The number of benzene rings is 2. The largest absolute Gasteiger partial charge is 0.352 e. The van der Waals surface area contributed by atoms with E-state index < -0.39 is 0 Å². The molecule has 1 amide bonds. The van der Waals surface area contributed by atoms with E-state index >= 15 is 0 Å². The van der Waals surface area contributed by atoms with Gasteiger partial charge in [-0.25, -0.2) is 0 Å². The Bertz CT molecular complexity index is 612. The monoisotopic (exact) mass is 267 g/mol. The summed E-state index contributed by atoms with van der Waals surface area (Å²) in [6.45, 7) is 0.791. The molecule has 0 radical (unpaired) electrons. The molecule has 0 saturated carbocycles. The summed E-state index contributed by atoms with van der Waals surface area (Å²) in [5.74, 6) is -0.00178. The van der Waals surface area contributed by atoms with E-state index in [1.807, 2.05) is 54.6 Å². The van der Waals surface area contributed by atoms with Gasteiger partial charge in [0.05, 0.1) is 24.0 Å². The van der Waals surface area contributed by atoms with Crippen molar-refractivity contribution in [3.8, 4) is 0 Å². The smallest absolute Gasteiger partial charge is 0.243 e.